The molecule has 0 unspecified atom stereocenters. The Morgan fingerprint density at radius 3 is 2.67 bits per heavy atom. The van der Waals surface area contributed by atoms with Crippen LogP contribution in [0.1, 0.15) is 25.2 Å². The number of nitriles is 1. The van der Waals surface area contributed by atoms with Crippen molar-refractivity contribution in [1.82, 2.24) is 9.97 Å². The highest BCUT2D eigenvalue weighted by atomic mass is 15.2. The Bertz CT molecular complexity index is 379. The zero-order valence-electron chi connectivity index (χ0n) is 9.65. The molecule has 0 atom stereocenters. The summed E-state index contributed by atoms with van der Waals surface area (Å²) < 4.78 is 0. The van der Waals surface area contributed by atoms with Gasteiger partial charge in [-0.15, -0.1) is 0 Å². The minimum absolute atomic E-state index is 0.424. The highest BCUT2D eigenvalue weighted by molar-refractivity contribution is 5.35. The number of nitrogens with zero attached hydrogens (tertiary/aromatic N) is 4. The van der Waals surface area contributed by atoms with E-state index in [0.717, 1.165) is 12.2 Å². The molecule has 0 aliphatic heterocycles. The molecule has 0 radical (unpaired) electrons. The van der Waals surface area contributed by atoms with Gasteiger partial charge in [0.2, 0.25) is 5.95 Å². The third-order valence-electron chi connectivity index (χ3n) is 1.94. The van der Waals surface area contributed by atoms with Crippen LogP contribution in [0.15, 0.2) is 6.07 Å². The smallest absolute Gasteiger partial charge is 0.226 e. The molecule has 0 spiro atoms. The minimum atomic E-state index is 0.424. The summed E-state index contributed by atoms with van der Waals surface area (Å²) in [5, 5.41) is 8.79. The van der Waals surface area contributed by atoms with Crippen LogP contribution in [-0.2, 0) is 0 Å². The van der Waals surface area contributed by atoms with Gasteiger partial charge in [-0.1, -0.05) is 13.8 Å². The summed E-state index contributed by atoms with van der Waals surface area (Å²) in [5.74, 6) is 1.17. The van der Waals surface area contributed by atoms with Crippen molar-refractivity contribution in [3.63, 3.8) is 0 Å². The van der Waals surface area contributed by atoms with Crippen molar-refractivity contribution in [2.24, 2.45) is 5.92 Å². The number of hydrogen-bond acceptors (Lipinski definition) is 4. The lowest BCUT2D eigenvalue weighted by Gasteiger charge is -2.19. The molecule has 0 saturated carbocycles. The SMILES string of the molecule is Cc1cc(C#N)nc(N(C)CC(C)C)n1. The van der Waals surface area contributed by atoms with Crippen molar-refractivity contribution < 1.29 is 0 Å². The van der Waals surface area contributed by atoms with Crippen molar-refractivity contribution in [2.45, 2.75) is 20.8 Å². The number of rotatable bonds is 3. The third kappa shape index (κ3) is 3.21. The lowest BCUT2D eigenvalue weighted by atomic mass is 10.2. The van der Waals surface area contributed by atoms with E-state index < -0.39 is 0 Å². The maximum absolute atomic E-state index is 8.79. The van der Waals surface area contributed by atoms with Gasteiger partial charge in [-0.05, 0) is 18.9 Å². The Labute approximate surface area is 90.6 Å². The normalized spacial score (nSPS) is 10.1. The summed E-state index contributed by atoms with van der Waals surface area (Å²) in [5.41, 5.74) is 1.25. The van der Waals surface area contributed by atoms with Gasteiger partial charge in [0.1, 0.15) is 11.8 Å². The summed E-state index contributed by atoms with van der Waals surface area (Å²) in [7, 11) is 1.94. The fraction of sp³-hybridized carbons (Fsp3) is 0.545. The summed E-state index contributed by atoms with van der Waals surface area (Å²) >= 11 is 0. The summed E-state index contributed by atoms with van der Waals surface area (Å²) in [6.45, 7) is 7.03. The fourth-order valence-corrected chi connectivity index (χ4v) is 1.41. The van der Waals surface area contributed by atoms with Crippen LogP contribution in [0.4, 0.5) is 5.95 Å². The van der Waals surface area contributed by atoms with E-state index in [2.05, 4.69) is 23.8 Å². The molecule has 0 fully saturated rings. The molecule has 1 heterocycles. The van der Waals surface area contributed by atoms with E-state index in [0.29, 0.717) is 17.6 Å². The lowest BCUT2D eigenvalue weighted by molar-refractivity contribution is 0.629. The molecule has 0 bridgehead atoms. The van der Waals surface area contributed by atoms with Crippen LogP contribution in [0.3, 0.4) is 0 Å². The second-order valence-electron chi connectivity index (χ2n) is 4.08. The molecule has 80 valence electrons. The monoisotopic (exact) mass is 204 g/mol. The molecule has 1 aromatic rings. The number of aromatic nitrogens is 2. The van der Waals surface area contributed by atoms with Crippen LogP contribution >= 0.6 is 0 Å². The quantitative estimate of drug-likeness (QED) is 0.752. The van der Waals surface area contributed by atoms with Gasteiger partial charge in [-0.25, -0.2) is 9.97 Å². The predicted molar refractivity (Wildman–Crippen MR) is 59.6 cm³/mol. The highest BCUT2D eigenvalue weighted by Crippen LogP contribution is 2.09. The zero-order valence-corrected chi connectivity index (χ0v) is 9.65. The largest absolute Gasteiger partial charge is 0.344 e. The fourth-order valence-electron chi connectivity index (χ4n) is 1.41. The average Bonchev–Trinajstić information content (AvgIpc) is 2.15. The third-order valence-corrected chi connectivity index (χ3v) is 1.94. The van der Waals surface area contributed by atoms with E-state index in [4.69, 9.17) is 5.26 Å². The molecule has 0 N–H and O–H groups in total. The van der Waals surface area contributed by atoms with Gasteiger partial charge in [0.15, 0.2) is 0 Å². The van der Waals surface area contributed by atoms with E-state index in [1.54, 1.807) is 6.07 Å². The van der Waals surface area contributed by atoms with E-state index in [1.165, 1.54) is 0 Å². The molecule has 15 heavy (non-hydrogen) atoms. The Morgan fingerprint density at radius 1 is 1.47 bits per heavy atom. The van der Waals surface area contributed by atoms with Gasteiger partial charge in [0.25, 0.3) is 0 Å². The molecular weight excluding hydrogens is 188 g/mol. The molecule has 0 aromatic carbocycles. The zero-order chi connectivity index (χ0) is 11.4. The Balaban J connectivity index is 2.94. The first-order chi connectivity index (χ1) is 7.02. The average molecular weight is 204 g/mol. The molecule has 1 aromatic heterocycles. The van der Waals surface area contributed by atoms with Crippen molar-refractivity contribution >= 4 is 5.95 Å². The number of hydrogen-bond donors (Lipinski definition) is 0. The first kappa shape index (κ1) is 11.4. The van der Waals surface area contributed by atoms with Gasteiger partial charge in [0, 0.05) is 19.3 Å². The Hall–Kier alpha value is -1.63. The molecule has 0 aliphatic rings. The second kappa shape index (κ2) is 4.74. The minimum Gasteiger partial charge on any atom is -0.344 e. The predicted octanol–water partition coefficient (Wildman–Crippen LogP) is 1.75. The van der Waals surface area contributed by atoms with Crippen molar-refractivity contribution in [1.29, 1.82) is 5.26 Å². The second-order valence-corrected chi connectivity index (χ2v) is 4.08. The number of anilines is 1. The molecule has 0 aliphatic carbocycles. The lowest BCUT2D eigenvalue weighted by Crippen LogP contribution is -2.25. The van der Waals surface area contributed by atoms with Crippen molar-refractivity contribution in [2.75, 3.05) is 18.5 Å². The number of aryl methyl sites for hydroxylation is 1. The van der Waals surface area contributed by atoms with Crippen LogP contribution < -0.4 is 4.90 Å². The molecule has 0 saturated heterocycles. The van der Waals surface area contributed by atoms with Crippen LogP contribution in [0.5, 0.6) is 0 Å². The molecule has 0 amide bonds. The Kier molecular flexibility index (Phi) is 3.62. The topological polar surface area (TPSA) is 52.8 Å². The molecular formula is C11H16N4. The van der Waals surface area contributed by atoms with Gasteiger partial charge < -0.3 is 4.90 Å². The van der Waals surface area contributed by atoms with E-state index in [1.807, 2.05) is 24.9 Å². The van der Waals surface area contributed by atoms with Crippen LogP contribution in [-0.4, -0.2) is 23.6 Å². The highest BCUT2D eigenvalue weighted by Gasteiger charge is 2.08. The van der Waals surface area contributed by atoms with Crippen molar-refractivity contribution in [3.05, 3.63) is 17.5 Å². The summed E-state index contributed by atoms with van der Waals surface area (Å²) in [6, 6.07) is 3.73. The maximum Gasteiger partial charge on any atom is 0.226 e. The van der Waals surface area contributed by atoms with Gasteiger partial charge in [-0.2, -0.15) is 5.26 Å². The first-order valence-electron chi connectivity index (χ1n) is 5.00. The summed E-state index contributed by atoms with van der Waals surface area (Å²) in [6.07, 6.45) is 0. The molecule has 4 heteroatoms. The van der Waals surface area contributed by atoms with Gasteiger partial charge in [0.05, 0.1) is 0 Å². The van der Waals surface area contributed by atoms with Gasteiger partial charge >= 0.3 is 0 Å². The standard InChI is InChI=1S/C11H16N4/c1-8(2)7-15(4)11-13-9(3)5-10(6-12)14-11/h5,8H,7H2,1-4H3. The van der Waals surface area contributed by atoms with Crippen LogP contribution in [0.25, 0.3) is 0 Å². The van der Waals surface area contributed by atoms with Crippen LogP contribution in [0.2, 0.25) is 0 Å². The van der Waals surface area contributed by atoms with Crippen LogP contribution in [0, 0.1) is 24.2 Å². The van der Waals surface area contributed by atoms with Gasteiger partial charge in [-0.3, -0.25) is 0 Å². The Morgan fingerprint density at radius 2 is 2.13 bits per heavy atom. The molecule has 4 nitrogen and oxygen atoms in total. The van der Waals surface area contributed by atoms with E-state index in [9.17, 15) is 0 Å². The summed E-state index contributed by atoms with van der Waals surface area (Å²) in [4.78, 5) is 10.4. The van der Waals surface area contributed by atoms with Crippen molar-refractivity contribution in [3.8, 4) is 6.07 Å². The van der Waals surface area contributed by atoms with E-state index >= 15 is 0 Å². The molecule has 1 rings (SSSR count). The maximum atomic E-state index is 8.79. The van der Waals surface area contributed by atoms with E-state index in [-0.39, 0.29) is 0 Å². The first-order valence-corrected chi connectivity index (χ1v) is 5.00.